The number of fused-ring (bicyclic) bond motifs is 2. The Morgan fingerprint density at radius 3 is 2.70 bits per heavy atom. The zero-order valence-corrected chi connectivity index (χ0v) is 18.8. The topological polar surface area (TPSA) is 142 Å². The second kappa shape index (κ2) is 7.41. The lowest BCUT2D eigenvalue weighted by Gasteiger charge is -2.19. The normalized spacial score (nSPS) is 17.1. The van der Waals surface area contributed by atoms with Gasteiger partial charge in [-0.05, 0) is 30.0 Å². The van der Waals surface area contributed by atoms with Crippen LogP contribution in [0.5, 0.6) is 0 Å². The molecule has 170 valence electrons. The van der Waals surface area contributed by atoms with Crippen LogP contribution in [0.3, 0.4) is 0 Å². The van der Waals surface area contributed by atoms with Crippen LogP contribution in [-0.2, 0) is 15.7 Å². The minimum Gasteiger partial charge on any atom is -0.397 e. The van der Waals surface area contributed by atoms with Crippen LogP contribution in [-0.4, -0.2) is 33.9 Å². The average molecular weight is 468 g/mol. The van der Waals surface area contributed by atoms with Gasteiger partial charge in [-0.15, -0.1) is 0 Å². The van der Waals surface area contributed by atoms with Gasteiger partial charge in [0.15, 0.2) is 21.5 Å². The van der Waals surface area contributed by atoms with E-state index >= 15 is 4.39 Å². The number of pyridine rings is 2. The van der Waals surface area contributed by atoms with Crippen LogP contribution in [0.25, 0.3) is 21.9 Å². The molecule has 11 heteroatoms. The molecule has 0 bridgehead atoms. The highest BCUT2D eigenvalue weighted by molar-refractivity contribution is 7.90. The Labute approximate surface area is 189 Å². The summed E-state index contributed by atoms with van der Waals surface area (Å²) in [5.74, 6) is 0.180. The molecule has 1 atom stereocenters. The SMILES string of the molecule is Cc1c(N)cncc1-c1cc2cc(Nc3cc4n(n3)CS(=O)(=O)CC4C)ncc2c(N)c1F. The first-order chi connectivity index (χ1) is 15.6. The third-order valence-electron chi connectivity index (χ3n) is 5.94. The third kappa shape index (κ3) is 3.63. The summed E-state index contributed by atoms with van der Waals surface area (Å²) >= 11 is 0. The summed E-state index contributed by atoms with van der Waals surface area (Å²) in [6.45, 7) is 3.65. The molecule has 0 saturated carbocycles. The largest absolute Gasteiger partial charge is 0.397 e. The Morgan fingerprint density at radius 2 is 1.91 bits per heavy atom. The highest BCUT2D eigenvalue weighted by atomic mass is 32.2. The second-order valence-corrected chi connectivity index (χ2v) is 10.4. The molecular weight excluding hydrogens is 445 g/mol. The number of anilines is 4. The van der Waals surface area contributed by atoms with Gasteiger partial charge in [0, 0.05) is 46.6 Å². The molecule has 5 rings (SSSR count). The molecule has 0 amide bonds. The summed E-state index contributed by atoms with van der Waals surface area (Å²) in [6, 6.07) is 5.24. The van der Waals surface area contributed by atoms with Crippen molar-refractivity contribution in [3.8, 4) is 11.1 Å². The second-order valence-electron chi connectivity index (χ2n) is 8.36. The number of aromatic nitrogens is 4. The molecule has 4 aromatic rings. The quantitative estimate of drug-likeness (QED) is 0.390. The Morgan fingerprint density at radius 1 is 1.12 bits per heavy atom. The molecule has 0 saturated heterocycles. The van der Waals surface area contributed by atoms with Crippen LogP contribution in [0.1, 0.15) is 24.1 Å². The number of rotatable bonds is 3. The molecular formula is C22H22FN7O2S. The molecule has 1 aromatic carbocycles. The van der Waals surface area contributed by atoms with E-state index in [0.717, 1.165) is 5.69 Å². The Balaban J connectivity index is 1.55. The monoisotopic (exact) mass is 467 g/mol. The maximum absolute atomic E-state index is 15.1. The van der Waals surface area contributed by atoms with E-state index in [2.05, 4.69) is 20.4 Å². The van der Waals surface area contributed by atoms with E-state index < -0.39 is 15.7 Å². The van der Waals surface area contributed by atoms with E-state index in [1.807, 2.05) is 13.0 Å². The molecule has 1 aliphatic rings. The van der Waals surface area contributed by atoms with Gasteiger partial charge in [-0.3, -0.25) is 9.67 Å². The number of sulfone groups is 1. The van der Waals surface area contributed by atoms with Crippen molar-refractivity contribution in [1.82, 2.24) is 19.7 Å². The van der Waals surface area contributed by atoms with E-state index in [9.17, 15) is 8.42 Å². The fourth-order valence-corrected chi connectivity index (χ4v) is 5.82. The predicted molar refractivity (Wildman–Crippen MR) is 126 cm³/mol. The van der Waals surface area contributed by atoms with Gasteiger partial charge in [0.1, 0.15) is 11.7 Å². The van der Waals surface area contributed by atoms with Gasteiger partial charge in [0.25, 0.3) is 0 Å². The molecule has 9 nitrogen and oxygen atoms in total. The lowest BCUT2D eigenvalue weighted by molar-refractivity contribution is 0.540. The molecule has 5 N–H and O–H groups in total. The fraction of sp³-hybridized carbons (Fsp3) is 0.227. The zero-order chi connectivity index (χ0) is 23.5. The summed E-state index contributed by atoms with van der Waals surface area (Å²) in [4.78, 5) is 8.42. The average Bonchev–Trinajstić information content (AvgIpc) is 3.14. The lowest BCUT2D eigenvalue weighted by Crippen LogP contribution is -2.27. The number of nitrogen functional groups attached to an aromatic ring is 2. The Bertz CT molecular complexity index is 1530. The molecule has 1 unspecified atom stereocenters. The maximum atomic E-state index is 15.1. The number of nitrogens with one attached hydrogen (secondary N) is 1. The van der Waals surface area contributed by atoms with E-state index in [1.54, 1.807) is 25.3 Å². The van der Waals surface area contributed by atoms with E-state index in [4.69, 9.17) is 11.5 Å². The van der Waals surface area contributed by atoms with Crippen LogP contribution in [0.4, 0.5) is 27.4 Å². The summed E-state index contributed by atoms with van der Waals surface area (Å²) in [5, 5.41) is 8.62. The number of hydrogen-bond acceptors (Lipinski definition) is 8. The van der Waals surface area contributed by atoms with Crippen molar-refractivity contribution in [2.45, 2.75) is 25.6 Å². The highest BCUT2D eigenvalue weighted by Crippen LogP contribution is 2.36. The number of hydrogen-bond donors (Lipinski definition) is 3. The molecule has 0 spiro atoms. The zero-order valence-electron chi connectivity index (χ0n) is 18.0. The first-order valence-electron chi connectivity index (χ1n) is 10.3. The van der Waals surface area contributed by atoms with E-state index in [1.165, 1.54) is 17.1 Å². The van der Waals surface area contributed by atoms with Crippen LogP contribution in [0, 0.1) is 12.7 Å². The van der Waals surface area contributed by atoms with Gasteiger partial charge in [-0.25, -0.2) is 17.8 Å². The fourth-order valence-electron chi connectivity index (χ4n) is 4.20. The number of nitrogens with two attached hydrogens (primary N) is 2. The third-order valence-corrected chi connectivity index (χ3v) is 7.58. The van der Waals surface area contributed by atoms with Crippen LogP contribution < -0.4 is 16.8 Å². The number of nitrogens with zero attached hydrogens (tertiary/aromatic N) is 4. The summed E-state index contributed by atoms with van der Waals surface area (Å²) in [5.41, 5.74) is 14.9. The number of halogens is 1. The molecule has 0 fully saturated rings. The minimum atomic E-state index is -3.19. The summed E-state index contributed by atoms with van der Waals surface area (Å²) in [6.07, 6.45) is 4.57. The highest BCUT2D eigenvalue weighted by Gasteiger charge is 2.28. The van der Waals surface area contributed by atoms with Crippen LogP contribution in [0.2, 0.25) is 0 Å². The molecule has 0 radical (unpaired) electrons. The van der Waals surface area contributed by atoms with Crippen molar-refractivity contribution in [2.75, 3.05) is 22.5 Å². The smallest absolute Gasteiger partial charge is 0.171 e. The standard InChI is InChI=1S/C22H22FN7O2S/c1-11-9-33(31,32)10-30-18(11)5-20(29-30)28-19-4-13-3-14(15-6-26-8-17(24)12(15)2)21(23)22(25)16(13)7-27-19/h3-8,11H,9-10,24-25H2,1-2H3,(H,27,28,29). The van der Waals surface area contributed by atoms with Gasteiger partial charge in [0.2, 0.25) is 0 Å². The van der Waals surface area contributed by atoms with Gasteiger partial charge < -0.3 is 16.8 Å². The van der Waals surface area contributed by atoms with Crippen LogP contribution >= 0.6 is 0 Å². The van der Waals surface area contributed by atoms with Gasteiger partial charge >= 0.3 is 0 Å². The van der Waals surface area contributed by atoms with Crippen LogP contribution in [0.15, 0.2) is 36.8 Å². The van der Waals surface area contributed by atoms with Gasteiger partial charge in [-0.2, -0.15) is 5.10 Å². The van der Waals surface area contributed by atoms with Crippen molar-refractivity contribution in [3.05, 3.63) is 53.9 Å². The molecule has 1 aliphatic heterocycles. The Kier molecular flexibility index (Phi) is 4.74. The lowest BCUT2D eigenvalue weighted by atomic mass is 9.97. The summed E-state index contributed by atoms with van der Waals surface area (Å²) in [7, 11) is -3.19. The van der Waals surface area contributed by atoms with Crippen molar-refractivity contribution in [2.24, 2.45) is 0 Å². The van der Waals surface area contributed by atoms with Crippen molar-refractivity contribution >= 4 is 43.6 Å². The minimum absolute atomic E-state index is 0.0140. The van der Waals surface area contributed by atoms with Crippen molar-refractivity contribution in [1.29, 1.82) is 0 Å². The Hall–Kier alpha value is -3.73. The molecule has 33 heavy (non-hydrogen) atoms. The first-order valence-corrected chi connectivity index (χ1v) is 12.1. The maximum Gasteiger partial charge on any atom is 0.171 e. The first kappa shape index (κ1) is 21.1. The van der Waals surface area contributed by atoms with Gasteiger partial charge in [0.05, 0.1) is 23.3 Å². The summed E-state index contributed by atoms with van der Waals surface area (Å²) < 4.78 is 40.7. The number of benzene rings is 1. The predicted octanol–water partition coefficient (Wildman–Crippen LogP) is 3.34. The molecule has 0 aliphatic carbocycles. The van der Waals surface area contributed by atoms with E-state index in [0.29, 0.717) is 44.8 Å². The van der Waals surface area contributed by atoms with Crippen molar-refractivity contribution in [3.63, 3.8) is 0 Å². The van der Waals surface area contributed by atoms with Gasteiger partial charge in [-0.1, -0.05) is 6.92 Å². The van der Waals surface area contributed by atoms with Crippen molar-refractivity contribution < 1.29 is 12.8 Å². The molecule has 3 aromatic heterocycles. The van der Waals surface area contributed by atoms with E-state index in [-0.39, 0.29) is 23.2 Å². The molecule has 4 heterocycles.